The number of halogens is 3. The summed E-state index contributed by atoms with van der Waals surface area (Å²) in [7, 11) is 0. The molecule has 0 fully saturated rings. The molecule has 0 aromatic heterocycles. The molecule has 1 rings (SSSR count). The first kappa shape index (κ1) is 11.5. The highest BCUT2D eigenvalue weighted by atomic mass is 19.4. The topological polar surface area (TPSA) is 68.8 Å². The molecule has 1 aliphatic heterocycles. The molecule has 1 aliphatic rings. The third-order valence-corrected chi connectivity index (χ3v) is 0.839. The van der Waals surface area contributed by atoms with Crippen molar-refractivity contribution in [2.75, 3.05) is 0 Å². The number of nitrogens with one attached hydrogen (secondary N) is 1. The second-order valence-electron chi connectivity index (χ2n) is 1.86. The van der Waals surface area contributed by atoms with Gasteiger partial charge in [0.1, 0.15) is 12.2 Å². The summed E-state index contributed by atoms with van der Waals surface area (Å²) in [5, 5.41) is 8.78. The van der Waals surface area contributed by atoms with Crippen molar-refractivity contribution in [2.45, 2.75) is 6.18 Å². The van der Waals surface area contributed by atoms with Crippen molar-refractivity contribution < 1.29 is 28.5 Å². The van der Waals surface area contributed by atoms with E-state index in [0.717, 1.165) is 0 Å². The van der Waals surface area contributed by atoms with Crippen molar-refractivity contribution >= 4 is 5.97 Å². The molecule has 0 amide bonds. The first-order chi connectivity index (χ1) is 5.94. The van der Waals surface area contributed by atoms with Crippen LogP contribution in [0.25, 0.3) is 0 Å². The lowest BCUT2D eigenvalue weighted by atomic mass is 10.5. The SMILES string of the molecule is C1=CN[NH2+]C=C1.O=C([O-])C(F)(F)F. The van der Waals surface area contributed by atoms with Gasteiger partial charge in [-0.05, 0) is 12.2 Å². The third-order valence-electron chi connectivity index (χ3n) is 0.839. The number of rotatable bonds is 0. The Bertz CT molecular complexity index is 210. The summed E-state index contributed by atoms with van der Waals surface area (Å²) in [5.41, 5.74) is 4.77. The zero-order valence-corrected chi connectivity index (χ0v) is 6.34. The molecular formula is C6H7F3N2O2. The molecule has 0 bridgehead atoms. The van der Waals surface area contributed by atoms with Crippen LogP contribution >= 0.6 is 0 Å². The Kier molecular flexibility index (Phi) is 4.60. The summed E-state index contributed by atoms with van der Waals surface area (Å²) in [4.78, 5) is 8.78. The number of allylic oxidation sites excluding steroid dienone is 2. The van der Waals surface area contributed by atoms with Crippen LogP contribution in [0.5, 0.6) is 0 Å². The number of carbonyl (C=O) groups excluding carboxylic acids is 1. The minimum absolute atomic E-state index is 1.88. The maximum Gasteiger partial charge on any atom is 0.430 e. The normalized spacial score (nSPS) is 14.1. The van der Waals surface area contributed by atoms with Gasteiger partial charge in [-0.25, -0.2) is 10.9 Å². The summed E-state index contributed by atoms with van der Waals surface area (Å²) in [6.45, 7) is 0. The average Bonchev–Trinajstić information content (AvgIpc) is 2.07. The van der Waals surface area contributed by atoms with Gasteiger partial charge in [0.15, 0.2) is 0 Å². The van der Waals surface area contributed by atoms with Crippen molar-refractivity contribution in [3.63, 3.8) is 0 Å². The van der Waals surface area contributed by atoms with Crippen molar-refractivity contribution in [1.82, 2.24) is 5.43 Å². The van der Waals surface area contributed by atoms with Gasteiger partial charge in [-0.1, -0.05) is 0 Å². The summed E-state index contributed by atoms with van der Waals surface area (Å²) in [5.74, 6) is -3.01. The van der Waals surface area contributed by atoms with E-state index < -0.39 is 12.1 Å². The van der Waals surface area contributed by atoms with E-state index in [2.05, 4.69) is 5.43 Å². The largest absolute Gasteiger partial charge is 0.542 e. The molecule has 0 saturated heterocycles. The molecule has 0 atom stereocenters. The van der Waals surface area contributed by atoms with Crippen molar-refractivity contribution in [2.24, 2.45) is 0 Å². The fourth-order valence-electron chi connectivity index (χ4n) is 0.342. The predicted molar refractivity (Wildman–Crippen MR) is 34.4 cm³/mol. The highest BCUT2D eigenvalue weighted by molar-refractivity contribution is 5.70. The second kappa shape index (κ2) is 5.20. The van der Waals surface area contributed by atoms with Crippen molar-refractivity contribution in [3.05, 3.63) is 24.6 Å². The number of carbonyl (C=O) groups is 1. The molecule has 0 aliphatic carbocycles. The Morgan fingerprint density at radius 1 is 1.38 bits per heavy atom. The van der Waals surface area contributed by atoms with Gasteiger partial charge in [0.25, 0.3) is 0 Å². The van der Waals surface area contributed by atoms with Crippen LogP contribution in [0.2, 0.25) is 0 Å². The minimum atomic E-state index is -5.19. The number of nitrogens with two attached hydrogens (primary N) is 1. The molecule has 74 valence electrons. The molecule has 0 aromatic carbocycles. The van der Waals surface area contributed by atoms with Crippen molar-refractivity contribution in [3.8, 4) is 0 Å². The average molecular weight is 196 g/mol. The molecule has 7 heteroatoms. The zero-order chi connectivity index (χ0) is 10.3. The Morgan fingerprint density at radius 2 is 1.92 bits per heavy atom. The van der Waals surface area contributed by atoms with Gasteiger partial charge >= 0.3 is 6.18 Å². The second-order valence-corrected chi connectivity index (χ2v) is 1.86. The number of hydrogen-bond donors (Lipinski definition) is 2. The van der Waals surface area contributed by atoms with E-state index in [0.29, 0.717) is 0 Å². The number of aliphatic carboxylic acids is 1. The number of alkyl halides is 3. The minimum Gasteiger partial charge on any atom is -0.542 e. The maximum atomic E-state index is 10.5. The van der Waals surface area contributed by atoms with E-state index in [1.165, 1.54) is 0 Å². The lowest BCUT2D eigenvalue weighted by Gasteiger charge is -2.03. The quantitative estimate of drug-likeness (QED) is 0.458. The van der Waals surface area contributed by atoms with Gasteiger partial charge in [-0.15, -0.1) is 0 Å². The van der Waals surface area contributed by atoms with E-state index in [4.69, 9.17) is 9.90 Å². The number of quaternary nitrogens is 1. The van der Waals surface area contributed by atoms with Crippen LogP contribution in [-0.2, 0) is 4.79 Å². The fraction of sp³-hybridized carbons (Fsp3) is 0.167. The Labute approximate surface area is 71.7 Å². The zero-order valence-electron chi connectivity index (χ0n) is 6.34. The first-order valence-corrected chi connectivity index (χ1v) is 3.14. The van der Waals surface area contributed by atoms with E-state index in [1.54, 1.807) is 0 Å². The van der Waals surface area contributed by atoms with Crippen LogP contribution in [0.3, 0.4) is 0 Å². The van der Waals surface area contributed by atoms with E-state index in [-0.39, 0.29) is 0 Å². The van der Waals surface area contributed by atoms with Gasteiger partial charge < -0.3 is 9.90 Å². The standard InChI is InChI=1S/C4H6N2.C2HF3O2/c1-2-4-6-5-3-1;3-2(4,5)1(6)7/h1-6H;(H,6,7). The smallest absolute Gasteiger partial charge is 0.430 e. The molecule has 0 unspecified atom stereocenters. The molecule has 0 saturated carbocycles. The molecule has 0 radical (unpaired) electrons. The van der Waals surface area contributed by atoms with Crippen LogP contribution < -0.4 is 16.0 Å². The number of hydrogen-bond acceptors (Lipinski definition) is 3. The van der Waals surface area contributed by atoms with E-state index >= 15 is 0 Å². The van der Waals surface area contributed by atoms with Gasteiger partial charge in [0, 0.05) is 6.20 Å². The molecular weight excluding hydrogens is 189 g/mol. The Balaban J connectivity index is 0.000000223. The van der Waals surface area contributed by atoms with Gasteiger partial charge in [-0.2, -0.15) is 13.2 Å². The number of carboxylic acid groups (broad SMARTS) is 1. The van der Waals surface area contributed by atoms with Gasteiger partial charge in [0.2, 0.25) is 0 Å². The van der Waals surface area contributed by atoms with Gasteiger partial charge in [-0.3, -0.25) is 0 Å². The Hall–Kier alpha value is -1.50. The summed E-state index contributed by atoms with van der Waals surface area (Å²) in [6, 6.07) is 0. The molecule has 4 nitrogen and oxygen atoms in total. The summed E-state index contributed by atoms with van der Waals surface area (Å²) in [6.07, 6.45) is 2.54. The molecule has 3 N–H and O–H groups in total. The van der Waals surface area contributed by atoms with E-state index in [1.807, 2.05) is 30.0 Å². The maximum absolute atomic E-state index is 10.5. The number of carboxylic acids is 1. The first-order valence-electron chi connectivity index (χ1n) is 3.14. The predicted octanol–water partition coefficient (Wildman–Crippen LogP) is -1.61. The highest BCUT2D eigenvalue weighted by Crippen LogP contribution is 2.11. The molecule has 0 aromatic rings. The summed E-state index contributed by atoms with van der Waals surface area (Å²) < 4.78 is 31.5. The Morgan fingerprint density at radius 3 is 2.00 bits per heavy atom. The van der Waals surface area contributed by atoms with Crippen LogP contribution in [0, 0.1) is 0 Å². The van der Waals surface area contributed by atoms with Crippen LogP contribution in [0.15, 0.2) is 24.6 Å². The van der Waals surface area contributed by atoms with Crippen LogP contribution in [0.4, 0.5) is 13.2 Å². The van der Waals surface area contributed by atoms with E-state index in [9.17, 15) is 13.2 Å². The lowest BCUT2D eigenvalue weighted by Crippen LogP contribution is -2.87. The monoisotopic (exact) mass is 196 g/mol. The third kappa shape index (κ3) is 6.88. The van der Waals surface area contributed by atoms with Crippen LogP contribution in [-0.4, -0.2) is 12.1 Å². The molecule has 13 heavy (non-hydrogen) atoms. The summed E-state index contributed by atoms with van der Waals surface area (Å²) >= 11 is 0. The fourth-order valence-corrected chi connectivity index (χ4v) is 0.342. The molecule has 1 heterocycles. The van der Waals surface area contributed by atoms with Crippen LogP contribution in [0.1, 0.15) is 0 Å². The lowest BCUT2D eigenvalue weighted by molar-refractivity contribution is -0.640. The molecule has 0 spiro atoms. The highest BCUT2D eigenvalue weighted by Gasteiger charge is 2.28. The van der Waals surface area contributed by atoms with Gasteiger partial charge in [0.05, 0.1) is 0 Å². The van der Waals surface area contributed by atoms with Crippen molar-refractivity contribution in [1.29, 1.82) is 0 Å².